The first-order valence-corrected chi connectivity index (χ1v) is 8.44. The van der Waals surface area contributed by atoms with Crippen molar-refractivity contribution in [3.8, 4) is 5.75 Å². The molecule has 10 nitrogen and oxygen atoms in total. The molecule has 10 heteroatoms. The van der Waals surface area contributed by atoms with Gasteiger partial charge in [-0.3, -0.25) is 4.79 Å². The summed E-state index contributed by atoms with van der Waals surface area (Å²) in [7, 11) is 1.24. The van der Waals surface area contributed by atoms with Crippen LogP contribution in [0, 0.1) is 0 Å². The minimum atomic E-state index is -1.58. The van der Waals surface area contributed by atoms with Gasteiger partial charge in [0, 0.05) is 17.5 Å². The molecular weight excluding hydrogens is 376 g/mol. The zero-order valence-corrected chi connectivity index (χ0v) is 14.8. The van der Waals surface area contributed by atoms with Crippen LogP contribution < -0.4 is 10.4 Å². The molecule has 0 unspecified atom stereocenters. The highest BCUT2D eigenvalue weighted by Gasteiger charge is 2.44. The number of carbonyl (C=O) groups excluding carboxylic acids is 1. The van der Waals surface area contributed by atoms with Crippen molar-refractivity contribution in [2.24, 2.45) is 0 Å². The molecule has 152 valence electrons. The molecule has 0 bridgehead atoms. The second-order valence-corrected chi connectivity index (χ2v) is 6.32. The lowest BCUT2D eigenvalue weighted by Crippen LogP contribution is -2.60. The number of aliphatic hydroxyl groups is 4. The summed E-state index contributed by atoms with van der Waals surface area (Å²) >= 11 is 0. The van der Waals surface area contributed by atoms with Crippen LogP contribution in [0.3, 0.4) is 0 Å². The van der Waals surface area contributed by atoms with Crippen LogP contribution in [0.2, 0.25) is 0 Å². The number of methoxy groups -OCH3 is 1. The number of fused-ring (bicyclic) bond motifs is 1. The number of hydrogen-bond acceptors (Lipinski definition) is 10. The normalized spacial score (nSPS) is 27.5. The van der Waals surface area contributed by atoms with E-state index in [1.165, 1.54) is 25.3 Å². The highest BCUT2D eigenvalue weighted by molar-refractivity contribution is 5.85. The fourth-order valence-electron chi connectivity index (χ4n) is 2.96. The fourth-order valence-corrected chi connectivity index (χ4v) is 2.96. The lowest BCUT2D eigenvalue weighted by atomic mass is 9.99. The Balaban J connectivity index is 1.88. The molecule has 1 aliphatic heterocycles. The van der Waals surface area contributed by atoms with Gasteiger partial charge in [0.2, 0.25) is 6.29 Å². The third-order valence-corrected chi connectivity index (χ3v) is 4.46. The van der Waals surface area contributed by atoms with Gasteiger partial charge in [-0.25, -0.2) is 4.79 Å². The minimum absolute atomic E-state index is 0.120. The van der Waals surface area contributed by atoms with Crippen molar-refractivity contribution in [3.05, 3.63) is 40.2 Å². The smallest absolute Gasteiger partial charge is 0.336 e. The van der Waals surface area contributed by atoms with E-state index in [2.05, 4.69) is 4.74 Å². The first kappa shape index (κ1) is 20.2. The first-order chi connectivity index (χ1) is 13.3. The molecule has 2 heterocycles. The standard InChI is InChI=1S/C18H20O10/c1-25-13(20)4-8-5-14(21)27-11-6-9(2-3-10(8)11)26-18-17(24)16(23)15(22)12(7-19)28-18/h2-3,5-6,12,15-19,22-24H,4,7H2,1H3/t12-,15+,16+,17-,18-/m1/s1. The van der Waals surface area contributed by atoms with E-state index < -0.39 is 48.9 Å². The van der Waals surface area contributed by atoms with Gasteiger partial charge < -0.3 is 39.1 Å². The van der Waals surface area contributed by atoms with Crippen LogP contribution in [-0.4, -0.2) is 70.8 Å². The Morgan fingerprint density at radius 3 is 2.57 bits per heavy atom. The highest BCUT2D eigenvalue weighted by atomic mass is 16.7. The monoisotopic (exact) mass is 396 g/mol. The number of esters is 1. The van der Waals surface area contributed by atoms with Crippen LogP contribution in [0.4, 0.5) is 0 Å². The maximum Gasteiger partial charge on any atom is 0.336 e. The summed E-state index contributed by atoms with van der Waals surface area (Å²) in [5.41, 5.74) is -0.123. The van der Waals surface area contributed by atoms with Gasteiger partial charge in [0.25, 0.3) is 0 Å². The lowest BCUT2D eigenvalue weighted by Gasteiger charge is -2.39. The first-order valence-electron chi connectivity index (χ1n) is 8.44. The van der Waals surface area contributed by atoms with Gasteiger partial charge in [0.05, 0.1) is 20.1 Å². The number of benzene rings is 1. The number of aliphatic hydroxyl groups excluding tert-OH is 4. The average molecular weight is 396 g/mol. The van der Waals surface area contributed by atoms with Crippen molar-refractivity contribution in [1.82, 2.24) is 0 Å². The number of rotatable bonds is 5. The molecule has 1 saturated heterocycles. The Labute approximate surface area is 158 Å². The molecule has 28 heavy (non-hydrogen) atoms. The maximum atomic E-state index is 11.8. The number of ether oxygens (including phenoxy) is 3. The predicted octanol–water partition coefficient (Wildman–Crippen LogP) is -1.31. The molecule has 0 aliphatic carbocycles. The molecule has 5 atom stereocenters. The van der Waals surface area contributed by atoms with Gasteiger partial charge in [-0.15, -0.1) is 0 Å². The molecule has 0 amide bonds. The quantitative estimate of drug-likeness (QED) is 0.353. The lowest BCUT2D eigenvalue weighted by molar-refractivity contribution is -0.277. The van der Waals surface area contributed by atoms with Crippen molar-refractivity contribution in [3.63, 3.8) is 0 Å². The predicted molar refractivity (Wildman–Crippen MR) is 92.6 cm³/mol. The van der Waals surface area contributed by atoms with Gasteiger partial charge in [0.15, 0.2) is 0 Å². The van der Waals surface area contributed by atoms with E-state index in [-0.39, 0.29) is 17.8 Å². The maximum absolute atomic E-state index is 11.8. The Morgan fingerprint density at radius 1 is 1.14 bits per heavy atom. The average Bonchev–Trinajstić information content (AvgIpc) is 2.67. The molecule has 0 radical (unpaired) electrons. The Kier molecular flexibility index (Phi) is 5.96. The minimum Gasteiger partial charge on any atom is -0.469 e. The fraction of sp³-hybridized carbons (Fsp3) is 0.444. The van der Waals surface area contributed by atoms with Gasteiger partial charge in [0.1, 0.15) is 35.7 Å². The molecule has 1 aliphatic rings. The van der Waals surface area contributed by atoms with Crippen LogP contribution in [0.25, 0.3) is 11.0 Å². The molecular formula is C18H20O10. The molecule has 3 rings (SSSR count). The van der Waals surface area contributed by atoms with Crippen LogP contribution in [-0.2, 0) is 20.7 Å². The second kappa shape index (κ2) is 8.25. The number of hydrogen-bond donors (Lipinski definition) is 4. The largest absolute Gasteiger partial charge is 0.469 e. The second-order valence-electron chi connectivity index (χ2n) is 6.32. The van der Waals surface area contributed by atoms with Crippen LogP contribution >= 0.6 is 0 Å². The zero-order valence-electron chi connectivity index (χ0n) is 14.8. The van der Waals surface area contributed by atoms with Crippen molar-refractivity contribution < 1.29 is 43.8 Å². The zero-order chi connectivity index (χ0) is 20.4. The van der Waals surface area contributed by atoms with E-state index in [0.29, 0.717) is 10.9 Å². The van der Waals surface area contributed by atoms with E-state index in [0.717, 1.165) is 0 Å². The van der Waals surface area contributed by atoms with Crippen molar-refractivity contribution in [2.75, 3.05) is 13.7 Å². The highest BCUT2D eigenvalue weighted by Crippen LogP contribution is 2.27. The third-order valence-electron chi connectivity index (χ3n) is 4.46. The molecule has 1 aromatic heterocycles. The molecule has 1 aromatic carbocycles. The van der Waals surface area contributed by atoms with Gasteiger partial charge in [-0.2, -0.15) is 0 Å². The summed E-state index contributed by atoms with van der Waals surface area (Å²) in [6, 6.07) is 5.59. The van der Waals surface area contributed by atoms with Crippen molar-refractivity contribution in [2.45, 2.75) is 37.1 Å². The SMILES string of the molecule is COC(=O)Cc1cc(=O)oc2cc(O[C@@H]3O[C@H](CO)[C@H](O)[C@H](O)[C@H]3O)ccc12. The summed E-state index contributed by atoms with van der Waals surface area (Å²) < 4.78 is 20.5. The summed E-state index contributed by atoms with van der Waals surface area (Å²) in [4.78, 5) is 23.3. The topological polar surface area (TPSA) is 156 Å². The van der Waals surface area contributed by atoms with E-state index in [1.807, 2.05) is 0 Å². The van der Waals surface area contributed by atoms with E-state index in [9.17, 15) is 30.0 Å². The molecule has 4 N–H and O–H groups in total. The third kappa shape index (κ3) is 4.01. The summed E-state index contributed by atoms with van der Waals surface area (Å²) in [6.07, 6.45) is -7.28. The molecule has 2 aromatic rings. The van der Waals surface area contributed by atoms with Crippen LogP contribution in [0.1, 0.15) is 5.56 Å². The molecule has 0 saturated carbocycles. The summed E-state index contributed by atoms with van der Waals surface area (Å²) in [5, 5.41) is 39.4. The van der Waals surface area contributed by atoms with Crippen LogP contribution in [0.5, 0.6) is 5.75 Å². The van der Waals surface area contributed by atoms with Gasteiger partial charge in [-0.05, 0) is 17.7 Å². The van der Waals surface area contributed by atoms with E-state index in [4.69, 9.17) is 13.9 Å². The van der Waals surface area contributed by atoms with Crippen molar-refractivity contribution >= 4 is 16.9 Å². The Bertz CT molecular complexity index is 905. The van der Waals surface area contributed by atoms with Gasteiger partial charge >= 0.3 is 11.6 Å². The van der Waals surface area contributed by atoms with Crippen molar-refractivity contribution in [1.29, 1.82) is 0 Å². The summed E-state index contributed by atoms with van der Waals surface area (Å²) in [5.74, 6) is -0.385. The Hall–Kier alpha value is -2.50. The summed E-state index contributed by atoms with van der Waals surface area (Å²) in [6.45, 7) is -0.589. The number of carbonyl (C=O) groups is 1. The van der Waals surface area contributed by atoms with Crippen LogP contribution in [0.15, 0.2) is 33.5 Å². The van der Waals surface area contributed by atoms with Gasteiger partial charge in [-0.1, -0.05) is 0 Å². The van der Waals surface area contributed by atoms with E-state index in [1.54, 1.807) is 6.07 Å². The molecule has 0 spiro atoms. The molecule has 1 fully saturated rings. The Morgan fingerprint density at radius 2 is 1.89 bits per heavy atom. The van der Waals surface area contributed by atoms with E-state index >= 15 is 0 Å².